The number of carbonyl (C=O) groups is 1. The fourth-order valence-corrected chi connectivity index (χ4v) is 5.39. The molecule has 2 aliphatic carbocycles. The number of ketones is 1. The molecule has 5 nitrogen and oxygen atoms in total. The minimum atomic E-state index is -0.139. The Kier molecular flexibility index (Phi) is 4.96. The van der Waals surface area contributed by atoms with Crippen LogP contribution in [0.4, 0.5) is 0 Å². The molecule has 1 aromatic heterocycles. The fraction of sp³-hybridized carbons (Fsp3) is 0.440. The monoisotopic (exact) mass is 398 g/mol. The highest BCUT2D eigenvalue weighted by Crippen LogP contribution is 2.46. The molecule has 0 spiro atoms. The first kappa shape index (κ1) is 19.1. The zero-order valence-electron chi connectivity index (χ0n) is 17.3. The molecular weight excluding hydrogens is 372 g/mol. The van der Waals surface area contributed by atoms with E-state index in [1.807, 2.05) is 19.1 Å². The van der Waals surface area contributed by atoms with E-state index in [4.69, 9.17) is 9.97 Å². The molecule has 0 amide bonds. The lowest BCUT2D eigenvalue weighted by atomic mass is 9.66. The van der Waals surface area contributed by atoms with Crippen molar-refractivity contribution in [2.24, 2.45) is 11.8 Å². The third kappa shape index (κ3) is 3.16. The van der Waals surface area contributed by atoms with Crippen LogP contribution in [-0.4, -0.2) is 28.8 Å². The van der Waals surface area contributed by atoms with Gasteiger partial charge in [0.2, 0.25) is 0 Å². The number of allylic oxidation sites excluding steroid dienone is 2. The number of nitrogens with one attached hydrogen (secondary N) is 1. The van der Waals surface area contributed by atoms with Crippen LogP contribution in [0.15, 0.2) is 42.0 Å². The number of rotatable bonds is 2. The molecule has 5 rings (SSSR count). The summed E-state index contributed by atoms with van der Waals surface area (Å²) in [6, 6.07) is 12.5. The number of fused-ring (bicyclic) bond motifs is 3. The van der Waals surface area contributed by atoms with Gasteiger partial charge in [-0.05, 0) is 44.7 Å². The summed E-state index contributed by atoms with van der Waals surface area (Å²) in [6.45, 7) is 3.95. The Balaban J connectivity index is 1.69. The standard InChI is InChI=1S/C25H26N4O/c1-15-19-7-8-20-22(16-5-3-2-4-6-16)28-25(17-9-11-27-12-10-17)29-23(20)21(19)13-18(14-26)24(15)30/h2-6,13,15,17,19,21,27H,7-12H2,1H3. The van der Waals surface area contributed by atoms with E-state index < -0.39 is 0 Å². The summed E-state index contributed by atoms with van der Waals surface area (Å²) >= 11 is 0. The first-order valence-electron chi connectivity index (χ1n) is 11.0. The van der Waals surface area contributed by atoms with E-state index in [1.165, 1.54) is 5.56 Å². The predicted molar refractivity (Wildman–Crippen MR) is 115 cm³/mol. The maximum Gasteiger partial charge on any atom is 0.176 e. The number of carbonyl (C=O) groups excluding carboxylic acids is 1. The van der Waals surface area contributed by atoms with Gasteiger partial charge in [0.1, 0.15) is 11.9 Å². The Labute approximate surface area is 177 Å². The van der Waals surface area contributed by atoms with Crippen LogP contribution in [0, 0.1) is 23.2 Å². The molecule has 3 atom stereocenters. The minimum absolute atomic E-state index is 0.0156. The molecule has 1 aromatic carbocycles. The molecule has 1 aliphatic heterocycles. The summed E-state index contributed by atoms with van der Waals surface area (Å²) < 4.78 is 0. The van der Waals surface area contributed by atoms with Crippen molar-refractivity contribution in [2.45, 2.75) is 44.4 Å². The second-order valence-corrected chi connectivity index (χ2v) is 8.76. The SMILES string of the molecule is CC1C(=O)C(C#N)=CC2c3nc(C4CCNCC4)nc(-c4ccccc4)c3CCC12. The van der Waals surface area contributed by atoms with Crippen LogP contribution in [0.3, 0.4) is 0 Å². The van der Waals surface area contributed by atoms with Gasteiger partial charge in [0, 0.05) is 28.9 Å². The van der Waals surface area contributed by atoms with E-state index in [9.17, 15) is 10.1 Å². The molecule has 0 radical (unpaired) electrons. The van der Waals surface area contributed by atoms with Crippen molar-refractivity contribution in [3.63, 3.8) is 0 Å². The minimum Gasteiger partial charge on any atom is -0.317 e. The first-order chi connectivity index (χ1) is 14.7. The van der Waals surface area contributed by atoms with Gasteiger partial charge >= 0.3 is 0 Å². The smallest absolute Gasteiger partial charge is 0.176 e. The van der Waals surface area contributed by atoms with Crippen LogP contribution in [0.2, 0.25) is 0 Å². The molecule has 3 aliphatic rings. The van der Waals surface area contributed by atoms with E-state index >= 15 is 0 Å². The first-order valence-corrected chi connectivity index (χ1v) is 11.0. The van der Waals surface area contributed by atoms with Crippen molar-refractivity contribution in [3.05, 3.63) is 59.1 Å². The molecule has 1 N–H and O–H groups in total. The van der Waals surface area contributed by atoms with Crippen LogP contribution < -0.4 is 5.32 Å². The Morgan fingerprint density at radius 3 is 2.60 bits per heavy atom. The van der Waals surface area contributed by atoms with Crippen molar-refractivity contribution in [1.29, 1.82) is 5.26 Å². The summed E-state index contributed by atoms with van der Waals surface area (Å²) in [4.78, 5) is 22.8. The average molecular weight is 399 g/mol. The van der Waals surface area contributed by atoms with Gasteiger partial charge in [-0.3, -0.25) is 4.79 Å². The molecule has 2 aromatic rings. The third-order valence-electron chi connectivity index (χ3n) is 7.10. The Hall–Kier alpha value is -2.84. The number of benzene rings is 1. The van der Waals surface area contributed by atoms with Crippen LogP contribution in [0.5, 0.6) is 0 Å². The van der Waals surface area contributed by atoms with Crippen molar-refractivity contribution < 1.29 is 4.79 Å². The van der Waals surface area contributed by atoms with Crippen LogP contribution in [0.25, 0.3) is 11.3 Å². The number of Topliss-reactive ketones (excluding diaryl/α,β-unsaturated/α-hetero) is 1. The maximum absolute atomic E-state index is 12.6. The Morgan fingerprint density at radius 1 is 1.10 bits per heavy atom. The van der Waals surface area contributed by atoms with Crippen LogP contribution >= 0.6 is 0 Å². The van der Waals surface area contributed by atoms with Gasteiger partial charge in [-0.25, -0.2) is 9.97 Å². The molecule has 0 bridgehead atoms. The lowest BCUT2D eigenvalue weighted by molar-refractivity contribution is -0.120. The zero-order chi connectivity index (χ0) is 20.7. The molecule has 0 saturated carbocycles. The van der Waals surface area contributed by atoms with Gasteiger partial charge in [-0.2, -0.15) is 5.26 Å². The molecular formula is C25H26N4O. The van der Waals surface area contributed by atoms with Gasteiger partial charge in [0.05, 0.1) is 17.0 Å². The second kappa shape index (κ2) is 7.77. The summed E-state index contributed by atoms with van der Waals surface area (Å²) in [7, 11) is 0. The number of hydrogen-bond acceptors (Lipinski definition) is 5. The van der Waals surface area contributed by atoms with Crippen molar-refractivity contribution in [3.8, 4) is 17.3 Å². The molecule has 1 fully saturated rings. The van der Waals surface area contributed by atoms with E-state index in [1.54, 1.807) is 0 Å². The van der Waals surface area contributed by atoms with E-state index in [0.717, 1.165) is 61.5 Å². The zero-order valence-corrected chi connectivity index (χ0v) is 17.3. The molecule has 1 saturated heterocycles. The van der Waals surface area contributed by atoms with Gasteiger partial charge in [0.15, 0.2) is 5.78 Å². The van der Waals surface area contributed by atoms with E-state index in [-0.39, 0.29) is 23.5 Å². The molecule has 5 heteroatoms. The van der Waals surface area contributed by atoms with Crippen LogP contribution in [-0.2, 0) is 11.2 Å². The highest BCUT2D eigenvalue weighted by Gasteiger charge is 2.42. The largest absolute Gasteiger partial charge is 0.317 e. The predicted octanol–water partition coefficient (Wildman–Crippen LogP) is 3.93. The topological polar surface area (TPSA) is 78.7 Å². The summed E-state index contributed by atoms with van der Waals surface area (Å²) in [5.41, 5.74) is 4.68. The summed E-state index contributed by atoms with van der Waals surface area (Å²) in [5.74, 6) is 1.34. The summed E-state index contributed by atoms with van der Waals surface area (Å²) in [5, 5.41) is 13.0. The quantitative estimate of drug-likeness (QED) is 0.829. The van der Waals surface area contributed by atoms with Crippen molar-refractivity contribution in [1.82, 2.24) is 15.3 Å². The molecule has 3 unspecified atom stereocenters. The third-order valence-corrected chi connectivity index (χ3v) is 7.10. The van der Waals surface area contributed by atoms with Gasteiger partial charge in [-0.1, -0.05) is 43.3 Å². The number of hydrogen-bond donors (Lipinski definition) is 1. The molecule has 30 heavy (non-hydrogen) atoms. The normalized spacial score (nSPS) is 26.3. The number of nitrogens with zero attached hydrogens (tertiary/aromatic N) is 3. The Morgan fingerprint density at radius 2 is 1.87 bits per heavy atom. The highest BCUT2D eigenvalue weighted by atomic mass is 16.1. The van der Waals surface area contributed by atoms with Crippen molar-refractivity contribution in [2.75, 3.05) is 13.1 Å². The lowest BCUT2D eigenvalue weighted by Crippen LogP contribution is -2.36. The van der Waals surface area contributed by atoms with Gasteiger partial charge in [0.25, 0.3) is 0 Å². The van der Waals surface area contributed by atoms with Gasteiger partial charge in [-0.15, -0.1) is 0 Å². The average Bonchev–Trinajstić information content (AvgIpc) is 2.81. The van der Waals surface area contributed by atoms with Crippen molar-refractivity contribution >= 4 is 5.78 Å². The van der Waals surface area contributed by atoms with Gasteiger partial charge < -0.3 is 5.32 Å². The Bertz CT molecular complexity index is 1050. The summed E-state index contributed by atoms with van der Waals surface area (Å²) in [6.07, 6.45) is 5.76. The van der Waals surface area contributed by atoms with E-state index in [2.05, 4.69) is 35.7 Å². The number of piperidine rings is 1. The molecule has 152 valence electrons. The van der Waals surface area contributed by atoms with Crippen LogP contribution in [0.1, 0.15) is 55.1 Å². The number of aromatic nitrogens is 2. The number of nitriles is 1. The second-order valence-electron chi connectivity index (χ2n) is 8.76. The lowest BCUT2D eigenvalue weighted by Gasteiger charge is -2.38. The fourth-order valence-electron chi connectivity index (χ4n) is 5.39. The molecule has 2 heterocycles. The van der Waals surface area contributed by atoms with E-state index in [0.29, 0.717) is 11.5 Å². The maximum atomic E-state index is 12.6. The highest BCUT2D eigenvalue weighted by molar-refractivity contribution is 6.01.